The molecular weight excluding hydrogens is 344 g/mol. The van der Waals surface area contributed by atoms with Crippen LogP contribution >= 0.6 is 0 Å². The van der Waals surface area contributed by atoms with E-state index in [9.17, 15) is 9.59 Å². The second-order valence-electron chi connectivity index (χ2n) is 6.57. The van der Waals surface area contributed by atoms with Crippen molar-refractivity contribution in [2.24, 2.45) is 0 Å². The largest absolute Gasteiger partial charge is 0.376 e. The van der Waals surface area contributed by atoms with E-state index in [0.717, 1.165) is 25.0 Å². The van der Waals surface area contributed by atoms with Gasteiger partial charge in [-0.15, -0.1) is 0 Å². The topological polar surface area (TPSA) is 76.7 Å². The number of rotatable bonds is 7. The molecule has 2 N–H and O–H groups in total. The third-order valence-corrected chi connectivity index (χ3v) is 4.28. The van der Waals surface area contributed by atoms with Crippen molar-refractivity contribution >= 4 is 23.2 Å². The highest BCUT2D eigenvalue weighted by atomic mass is 16.5. The van der Waals surface area contributed by atoms with Gasteiger partial charge in [-0.25, -0.2) is 0 Å². The molecule has 1 fully saturated rings. The maximum Gasteiger partial charge on any atom is 0.257 e. The summed E-state index contributed by atoms with van der Waals surface area (Å²) in [4.78, 5) is 24.8. The van der Waals surface area contributed by atoms with Gasteiger partial charge in [0.2, 0.25) is 5.91 Å². The van der Waals surface area contributed by atoms with Crippen molar-refractivity contribution in [1.82, 2.24) is 0 Å². The molecule has 142 valence electrons. The zero-order valence-corrected chi connectivity index (χ0v) is 15.4. The Morgan fingerprint density at radius 2 is 2.00 bits per heavy atom. The Hall–Kier alpha value is -2.70. The van der Waals surface area contributed by atoms with Crippen molar-refractivity contribution < 1.29 is 19.1 Å². The van der Waals surface area contributed by atoms with Gasteiger partial charge in [0.1, 0.15) is 6.61 Å². The predicted molar refractivity (Wildman–Crippen MR) is 104 cm³/mol. The molecule has 2 aromatic rings. The summed E-state index contributed by atoms with van der Waals surface area (Å²) in [6.07, 6.45) is 2.07. The van der Waals surface area contributed by atoms with E-state index in [4.69, 9.17) is 9.47 Å². The van der Waals surface area contributed by atoms with Gasteiger partial charge >= 0.3 is 0 Å². The van der Waals surface area contributed by atoms with E-state index < -0.39 is 0 Å². The monoisotopic (exact) mass is 368 g/mol. The van der Waals surface area contributed by atoms with Gasteiger partial charge in [-0.3, -0.25) is 9.59 Å². The van der Waals surface area contributed by atoms with Crippen LogP contribution in [0, 0.1) is 6.92 Å². The molecule has 1 aliphatic heterocycles. The second-order valence-corrected chi connectivity index (χ2v) is 6.57. The normalized spacial score (nSPS) is 16.1. The lowest BCUT2D eigenvalue weighted by Crippen LogP contribution is -2.24. The average Bonchev–Trinajstić information content (AvgIpc) is 3.15. The minimum Gasteiger partial charge on any atom is -0.376 e. The zero-order chi connectivity index (χ0) is 19.1. The Kier molecular flexibility index (Phi) is 6.57. The van der Waals surface area contributed by atoms with Crippen LogP contribution in [-0.4, -0.2) is 37.7 Å². The fraction of sp³-hybridized carbons (Fsp3) is 0.333. The fourth-order valence-corrected chi connectivity index (χ4v) is 2.96. The maximum absolute atomic E-state index is 12.6. The van der Waals surface area contributed by atoms with Gasteiger partial charge in [0.25, 0.3) is 5.91 Å². The lowest BCUT2D eigenvalue weighted by Gasteiger charge is -2.13. The summed E-state index contributed by atoms with van der Waals surface area (Å²) in [5.41, 5.74) is 2.61. The average molecular weight is 368 g/mol. The van der Waals surface area contributed by atoms with Crippen LogP contribution in [0.15, 0.2) is 48.5 Å². The molecule has 0 aromatic heterocycles. The molecule has 1 aliphatic rings. The molecule has 0 radical (unpaired) electrons. The highest BCUT2D eigenvalue weighted by Gasteiger charge is 2.17. The molecule has 6 nitrogen and oxygen atoms in total. The first-order valence-corrected chi connectivity index (χ1v) is 9.08. The lowest BCUT2D eigenvalue weighted by atomic mass is 10.1. The maximum atomic E-state index is 12.6. The Balaban J connectivity index is 1.57. The van der Waals surface area contributed by atoms with Gasteiger partial charge in [0.05, 0.1) is 24.0 Å². The molecule has 27 heavy (non-hydrogen) atoms. The molecule has 2 aromatic carbocycles. The Morgan fingerprint density at radius 3 is 2.78 bits per heavy atom. The fourth-order valence-electron chi connectivity index (χ4n) is 2.96. The van der Waals surface area contributed by atoms with Gasteiger partial charge < -0.3 is 20.1 Å². The van der Waals surface area contributed by atoms with E-state index >= 15 is 0 Å². The summed E-state index contributed by atoms with van der Waals surface area (Å²) >= 11 is 0. The molecule has 1 unspecified atom stereocenters. The predicted octanol–water partition coefficient (Wildman–Crippen LogP) is 3.38. The van der Waals surface area contributed by atoms with Gasteiger partial charge in [0, 0.05) is 12.3 Å². The van der Waals surface area contributed by atoms with Gasteiger partial charge in [-0.1, -0.05) is 24.3 Å². The SMILES string of the molecule is Cc1cccc(NC(=O)c2ccccc2NC(=O)COCC2CCCO2)c1. The molecule has 0 saturated carbocycles. The van der Waals surface area contributed by atoms with Crippen LogP contribution < -0.4 is 10.6 Å². The summed E-state index contributed by atoms with van der Waals surface area (Å²) in [6, 6.07) is 14.5. The Morgan fingerprint density at radius 1 is 1.15 bits per heavy atom. The second kappa shape index (κ2) is 9.30. The van der Waals surface area contributed by atoms with E-state index in [-0.39, 0.29) is 24.5 Å². The van der Waals surface area contributed by atoms with Crippen LogP contribution in [-0.2, 0) is 14.3 Å². The molecule has 1 atom stereocenters. The van der Waals surface area contributed by atoms with Gasteiger partial charge in [-0.2, -0.15) is 0 Å². The van der Waals surface area contributed by atoms with Gasteiger partial charge in [0.15, 0.2) is 0 Å². The van der Waals surface area contributed by atoms with Gasteiger partial charge in [-0.05, 0) is 49.6 Å². The molecular formula is C21H24N2O4. The van der Waals surface area contributed by atoms with Crippen LogP contribution in [0.25, 0.3) is 0 Å². The number of amides is 2. The molecule has 1 heterocycles. The Labute approximate surface area is 158 Å². The summed E-state index contributed by atoms with van der Waals surface area (Å²) in [5.74, 6) is -0.583. The van der Waals surface area contributed by atoms with E-state index in [0.29, 0.717) is 23.5 Å². The Bertz CT molecular complexity index is 800. The number of hydrogen-bond donors (Lipinski definition) is 2. The number of anilines is 2. The first kappa shape index (κ1) is 19.1. The molecule has 3 rings (SSSR count). The van der Waals surface area contributed by atoms with Crippen molar-refractivity contribution in [2.75, 3.05) is 30.5 Å². The smallest absolute Gasteiger partial charge is 0.257 e. The van der Waals surface area contributed by atoms with Crippen LogP contribution in [0.3, 0.4) is 0 Å². The number of nitrogens with one attached hydrogen (secondary N) is 2. The zero-order valence-electron chi connectivity index (χ0n) is 15.4. The molecule has 0 bridgehead atoms. The van der Waals surface area contributed by atoms with Crippen LogP contribution in [0.2, 0.25) is 0 Å². The molecule has 0 aliphatic carbocycles. The van der Waals surface area contributed by atoms with Crippen LogP contribution in [0.4, 0.5) is 11.4 Å². The van der Waals surface area contributed by atoms with E-state index in [1.54, 1.807) is 24.3 Å². The quantitative estimate of drug-likeness (QED) is 0.785. The third-order valence-electron chi connectivity index (χ3n) is 4.28. The molecule has 2 amide bonds. The van der Waals surface area contributed by atoms with E-state index in [1.165, 1.54) is 0 Å². The van der Waals surface area contributed by atoms with E-state index in [1.807, 2.05) is 31.2 Å². The summed E-state index contributed by atoms with van der Waals surface area (Å²) in [7, 11) is 0. The number of hydrogen-bond acceptors (Lipinski definition) is 4. The summed E-state index contributed by atoms with van der Waals surface area (Å²) in [5, 5.41) is 5.60. The summed E-state index contributed by atoms with van der Waals surface area (Å²) in [6.45, 7) is 3.04. The van der Waals surface area contributed by atoms with E-state index in [2.05, 4.69) is 10.6 Å². The van der Waals surface area contributed by atoms with Crippen LogP contribution in [0.1, 0.15) is 28.8 Å². The molecule has 1 saturated heterocycles. The first-order chi connectivity index (χ1) is 13.1. The minimum atomic E-state index is -0.302. The standard InChI is InChI=1S/C21H24N2O4/c1-15-6-4-7-16(12-15)22-21(25)18-9-2-3-10-19(18)23-20(24)14-26-13-17-8-5-11-27-17/h2-4,6-7,9-10,12,17H,5,8,11,13-14H2,1H3,(H,22,25)(H,23,24). The highest BCUT2D eigenvalue weighted by Crippen LogP contribution is 2.18. The highest BCUT2D eigenvalue weighted by molar-refractivity contribution is 6.10. The van der Waals surface area contributed by atoms with Crippen molar-refractivity contribution in [2.45, 2.75) is 25.9 Å². The number of carbonyl (C=O) groups excluding carboxylic acids is 2. The summed E-state index contributed by atoms with van der Waals surface area (Å²) < 4.78 is 10.9. The van der Waals surface area contributed by atoms with Crippen molar-refractivity contribution in [3.05, 3.63) is 59.7 Å². The lowest BCUT2D eigenvalue weighted by molar-refractivity contribution is -0.121. The molecule has 6 heteroatoms. The number of aryl methyl sites for hydroxylation is 1. The molecule has 0 spiro atoms. The van der Waals surface area contributed by atoms with Crippen molar-refractivity contribution in [3.63, 3.8) is 0 Å². The number of para-hydroxylation sites is 1. The van der Waals surface area contributed by atoms with Crippen molar-refractivity contribution in [3.8, 4) is 0 Å². The van der Waals surface area contributed by atoms with Crippen LogP contribution in [0.5, 0.6) is 0 Å². The third kappa shape index (κ3) is 5.64. The number of carbonyl (C=O) groups is 2. The van der Waals surface area contributed by atoms with Crippen molar-refractivity contribution in [1.29, 1.82) is 0 Å². The first-order valence-electron chi connectivity index (χ1n) is 9.08. The number of benzene rings is 2. The minimum absolute atomic E-state index is 0.0743. The number of ether oxygens (including phenoxy) is 2.